The molecule has 2 rings (SSSR count). The third-order valence-corrected chi connectivity index (χ3v) is 3.48. The molecule has 1 saturated heterocycles. The van der Waals surface area contributed by atoms with E-state index in [4.69, 9.17) is 0 Å². The average molecular weight is 249 g/mol. The lowest BCUT2D eigenvalue weighted by Gasteiger charge is -2.26. The van der Waals surface area contributed by atoms with Crippen molar-refractivity contribution in [1.82, 2.24) is 15.2 Å². The summed E-state index contributed by atoms with van der Waals surface area (Å²) in [6.07, 6.45) is 8.09. The summed E-state index contributed by atoms with van der Waals surface area (Å²) in [5.74, 6) is -0.00188. The van der Waals surface area contributed by atoms with Crippen LogP contribution in [0, 0.1) is 0 Å². The van der Waals surface area contributed by atoms with Crippen molar-refractivity contribution < 1.29 is 4.79 Å². The van der Waals surface area contributed by atoms with Gasteiger partial charge in [0.25, 0.3) is 5.91 Å². The highest BCUT2D eigenvalue weighted by atomic mass is 16.1. The van der Waals surface area contributed by atoms with Crippen molar-refractivity contribution in [3.8, 4) is 0 Å². The van der Waals surface area contributed by atoms with Crippen LogP contribution in [-0.2, 0) is 0 Å². The van der Waals surface area contributed by atoms with Gasteiger partial charge in [-0.1, -0.05) is 6.42 Å². The SMILES string of the molecule is O=C(NCCCCN1CCCCC1)c1ccc[nH]1. The number of unbranched alkanes of at least 4 members (excludes halogenated alkanes) is 1. The number of hydrogen-bond donors (Lipinski definition) is 2. The van der Waals surface area contributed by atoms with Crippen LogP contribution in [0.15, 0.2) is 18.3 Å². The van der Waals surface area contributed by atoms with E-state index in [9.17, 15) is 4.79 Å². The Bertz CT molecular complexity index is 342. The van der Waals surface area contributed by atoms with Crippen molar-refractivity contribution in [2.24, 2.45) is 0 Å². The van der Waals surface area contributed by atoms with Crippen LogP contribution in [0.2, 0.25) is 0 Å². The summed E-state index contributed by atoms with van der Waals surface area (Å²) in [6, 6.07) is 3.63. The first-order chi connectivity index (χ1) is 8.86. The summed E-state index contributed by atoms with van der Waals surface area (Å²) in [6.45, 7) is 4.47. The molecule has 0 aromatic carbocycles. The minimum Gasteiger partial charge on any atom is -0.357 e. The molecule has 0 spiro atoms. The lowest BCUT2D eigenvalue weighted by Crippen LogP contribution is -2.31. The molecular weight excluding hydrogens is 226 g/mol. The van der Waals surface area contributed by atoms with Crippen molar-refractivity contribution in [3.63, 3.8) is 0 Å². The standard InChI is InChI=1S/C14H23N3O/c18-14(13-7-6-9-15-13)16-8-2-5-12-17-10-3-1-4-11-17/h6-7,9,15H,1-5,8,10-12H2,(H,16,18). The number of rotatable bonds is 6. The third kappa shape index (κ3) is 4.18. The van der Waals surface area contributed by atoms with Gasteiger partial charge in [-0.05, 0) is 57.5 Å². The summed E-state index contributed by atoms with van der Waals surface area (Å²) < 4.78 is 0. The zero-order valence-corrected chi connectivity index (χ0v) is 11.0. The molecule has 1 aliphatic heterocycles. The van der Waals surface area contributed by atoms with E-state index in [1.807, 2.05) is 6.07 Å². The molecule has 2 N–H and O–H groups in total. The van der Waals surface area contributed by atoms with Gasteiger partial charge in [0.2, 0.25) is 0 Å². The molecule has 0 unspecified atom stereocenters. The lowest BCUT2D eigenvalue weighted by molar-refractivity contribution is 0.0948. The summed E-state index contributed by atoms with van der Waals surface area (Å²) >= 11 is 0. The number of likely N-dealkylation sites (tertiary alicyclic amines) is 1. The Morgan fingerprint density at radius 1 is 1.28 bits per heavy atom. The van der Waals surface area contributed by atoms with Crippen LogP contribution in [0.1, 0.15) is 42.6 Å². The summed E-state index contributed by atoms with van der Waals surface area (Å²) in [5.41, 5.74) is 0.644. The molecular formula is C14H23N3O. The third-order valence-electron chi connectivity index (χ3n) is 3.48. The molecule has 18 heavy (non-hydrogen) atoms. The minimum absolute atomic E-state index is 0.00188. The summed E-state index contributed by atoms with van der Waals surface area (Å²) in [5, 5.41) is 2.93. The largest absolute Gasteiger partial charge is 0.357 e. The highest BCUT2D eigenvalue weighted by molar-refractivity contribution is 5.92. The van der Waals surface area contributed by atoms with E-state index in [0.29, 0.717) is 5.69 Å². The second kappa shape index (κ2) is 7.21. The van der Waals surface area contributed by atoms with Crippen LogP contribution in [0.4, 0.5) is 0 Å². The Hall–Kier alpha value is -1.29. The van der Waals surface area contributed by atoms with Gasteiger partial charge in [-0.25, -0.2) is 0 Å². The first-order valence-electron chi connectivity index (χ1n) is 7.00. The second-order valence-electron chi connectivity index (χ2n) is 4.95. The van der Waals surface area contributed by atoms with Gasteiger partial charge >= 0.3 is 0 Å². The van der Waals surface area contributed by atoms with Crippen molar-refractivity contribution in [3.05, 3.63) is 24.0 Å². The second-order valence-corrected chi connectivity index (χ2v) is 4.95. The fraction of sp³-hybridized carbons (Fsp3) is 0.643. The Morgan fingerprint density at radius 3 is 2.83 bits per heavy atom. The molecule has 100 valence electrons. The molecule has 0 radical (unpaired) electrons. The van der Waals surface area contributed by atoms with E-state index >= 15 is 0 Å². The highest BCUT2D eigenvalue weighted by Gasteiger charge is 2.09. The smallest absolute Gasteiger partial charge is 0.267 e. The molecule has 0 atom stereocenters. The van der Waals surface area contributed by atoms with Gasteiger partial charge in [0.05, 0.1) is 0 Å². The van der Waals surface area contributed by atoms with Crippen molar-refractivity contribution in [2.45, 2.75) is 32.1 Å². The topological polar surface area (TPSA) is 48.1 Å². The van der Waals surface area contributed by atoms with E-state index in [1.54, 1.807) is 12.3 Å². The Kier molecular flexibility index (Phi) is 5.27. The monoisotopic (exact) mass is 249 g/mol. The molecule has 1 amide bonds. The number of aromatic nitrogens is 1. The lowest BCUT2D eigenvalue weighted by atomic mass is 10.1. The van der Waals surface area contributed by atoms with E-state index in [-0.39, 0.29) is 5.91 Å². The summed E-state index contributed by atoms with van der Waals surface area (Å²) in [7, 11) is 0. The van der Waals surface area contributed by atoms with Crippen LogP contribution in [0.25, 0.3) is 0 Å². The van der Waals surface area contributed by atoms with E-state index in [2.05, 4.69) is 15.2 Å². The summed E-state index contributed by atoms with van der Waals surface area (Å²) in [4.78, 5) is 17.1. The van der Waals surface area contributed by atoms with E-state index in [0.717, 1.165) is 13.0 Å². The maximum atomic E-state index is 11.6. The molecule has 1 aromatic rings. The van der Waals surface area contributed by atoms with Gasteiger partial charge in [-0.3, -0.25) is 4.79 Å². The van der Waals surface area contributed by atoms with Crippen molar-refractivity contribution >= 4 is 5.91 Å². The molecule has 4 heteroatoms. The molecule has 1 aromatic heterocycles. The number of nitrogens with zero attached hydrogens (tertiary/aromatic N) is 1. The van der Waals surface area contributed by atoms with Gasteiger partial charge in [0.15, 0.2) is 0 Å². The Labute approximate surface area is 109 Å². The van der Waals surface area contributed by atoms with Gasteiger partial charge < -0.3 is 15.2 Å². The number of carbonyl (C=O) groups is 1. The number of nitrogens with one attached hydrogen (secondary N) is 2. The highest BCUT2D eigenvalue weighted by Crippen LogP contribution is 2.09. The van der Waals surface area contributed by atoms with E-state index in [1.165, 1.54) is 45.3 Å². The van der Waals surface area contributed by atoms with Crippen molar-refractivity contribution in [2.75, 3.05) is 26.2 Å². The van der Waals surface area contributed by atoms with E-state index < -0.39 is 0 Å². The van der Waals surface area contributed by atoms with Gasteiger partial charge in [0, 0.05) is 12.7 Å². The Balaban J connectivity index is 1.52. The van der Waals surface area contributed by atoms with Crippen molar-refractivity contribution in [1.29, 1.82) is 0 Å². The minimum atomic E-state index is -0.00188. The molecule has 0 saturated carbocycles. The quantitative estimate of drug-likeness (QED) is 0.758. The zero-order valence-electron chi connectivity index (χ0n) is 11.0. The maximum Gasteiger partial charge on any atom is 0.267 e. The molecule has 2 heterocycles. The predicted molar refractivity (Wildman–Crippen MR) is 72.7 cm³/mol. The number of aromatic amines is 1. The first kappa shape index (κ1) is 13.1. The van der Waals surface area contributed by atoms with Gasteiger partial charge in [0.1, 0.15) is 5.69 Å². The van der Waals surface area contributed by atoms with Crippen LogP contribution in [0.5, 0.6) is 0 Å². The molecule has 0 bridgehead atoms. The molecule has 0 aliphatic carbocycles. The normalized spacial score (nSPS) is 16.7. The zero-order chi connectivity index (χ0) is 12.6. The first-order valence-corrected chi connectivity index (χ1v) is 7.00. The number of H-pyrrole nitrogens is 1. The van der Waals surface area contributed by atoms with Gasteiger partial charge in [-0.2, -0.15) is 0 Å². The number of hydrogen-bond acceptors (Lipinski definition) is 2. The molecule has 4 nitrogen and oxygen atoms in total. The van der Waals surface area contributed by atoms with Crippen LogP contribution in [-0.4, -0.2) is 42.0 Å². The maximum absolute atomic E-state index is 11.6. The Morgan fingerprint density at radius 2 is 2.11 bits per heavy atom. The molecule has 1 fully saturated rings. The number of piperidine rings is 1. The number of carbonyl (C=O) groups excluding carboxylic acids is 1. The fourth-order valence-electron chi connectivity index (χ4n) is 2.41. The van der Waals surface area contributed by atoms with Crippen LogP contribution >= 0.6 is 0 Å². The number of amides is 1. The van der Waals surface area contributed by atoms with Crippen LogP contribution in [0.3, 0.4) is 0 Å². The van der Waals surface area contributed by atoms with Crippen LogP contribution < -0.4 is 5.32 Å². The van der Waals surface area contributed by atoms with Gasteiger partial charge in [-0.15, -0.1) is 0 Å². The fourth-order valence-corrected chi connectivity index (χ4v) is 2.41. The molecule has 1 aliphatic rings. The predicted octanol–water partition coefficient (Wildman–Crippen LogP) is 2.01. The average Bonchev–Trinajstić information content (AvgIpc) is 2.93.